The van der Waals surface area contributed by atoms with Crippen molar-refractivity contribution in [2.45, 2.75) is 56.0 Å². The summed E-state index contributed by atoms with van der Waals surface area (Å²) < 4.78 is 58.1. The maximum absolute atomic E-state index is 5.81. The Balaban J connectivity index is 1.37. The van der Waals surface area contributed by atoms with E-state index >= 15 is 0 Å². The molecule has 0 heterocycles. The molecule has 0 saturated heterocycles. The molecule has 0 spiro atoms. The SMILES string of the molecule is COC12C#CC#CC3(OC)C=CC(OC)(C#CC#CC4(OC)C=CC(OC)(C#CC#CC5(OC)C=CC(OC)(C#CC#CC6(OC)C=CC(OC)(C#CC#CC(OC)(C=C1)C=C2)C=C6)C=C5)C=C4)C=C3. The summed E-state index contributed by atoms with van der Waals surface area (Å²) in [5.74, 6) is 59.9. The average Bonchev–Trinajstić information content (AvgIpc) is 3.42. The number of hydrogen-bond donors (Lipinski definition) is 0. The Bertz CT molecular complexity index is 2320. The van der Waals surface area contributed by atoms with E-state index in [1.807, 2.05) is 0 Å². The van der Waals surface area contributed by atoms with Gasteiger partial charge in [0.05, 0.1) is 0 Å². The zero-order chi connectivity index (χ0) is 50.4. The Hall–Kier alpha value is -7.40. The molecule has 350 valence electrons. The second-order valence-electron chi connectivity index (χ2n) is 15.8. The summed E-state index contributed by atoms with van der Waals surface area (Å²) in [6.45, 7) is 0. The highest BCUT2D eigenvalue weighted by atomic mass is 16.5. The van der Waals surface area contributed by atoms with Crippen LogP contribution < -0.4 is 0 Å². The van der Waals surface area contributed by atoms with E-state index in [-0.39, 0.29) is 0 Å². The third-order valence-corrected chi connectivity index (χ3v) is 12.1. The smallest absolute Gasteiger partial charge is 0.166 e. The van der Waals surface area contributed by atoms with Gasteiger partial charge in [0.25, 0.3) is 0 Å². The highest BCUT2D eigenvalue weighted by molar-refractivity contribution is 5.55. The van der Waals surface area contributed by atoms with E-state index in [0.29, 0.717) is 0 Å². The van der Waals surface area contributed by atoms with Crippen molar-refractivity contribution in [2.24, 2.45) is 0 Å². The number of ether oxygens (including phenoxy) is 10. The Labute approximate surface area is 412 Å². The quantitative estimate of drug-likeness (QED) is 0.231. The van der Waals surface area contributed by atoms with Crippen LogP contribution in [0.4, 0.5) is 0 Å². The van der Waals surface area contributed by atoms with Crippen molar-refractivity contribution in [3.05, 3.63) is 122 Å². The number of rotatable bonds is 10. The van der Waals surface area contributed by atoms with Gasteiger partial charge in [0.1, 0.15) is 0 Å². The van der Waals surface area contributed by atoms with Crippen molar-refractivity contribution < 1.29 is 47.4 Å². The molecule has 11 rings (SSSR count). The molecule has 11 aliphatic carbocycles. The summed E-state index contributed by atoms with van der Waals surface area (Å²) in [5.41, 5.74) is -11.1. The minimum atomic E-state index is -1.11. The molecule has 0 N–H and O–H groups in total. The molecule has 0 aromatic heterocycles. The van der Waals surface area contributed by atoms with Crippen molar-refractivity contribution >= 4 is 0 Å². The minimum Gasteiger partial charge on any atom is -0.358 e. The maximum atomic E-state index is 5.81. The first-order valence-electron chi connectivity index (χ1n) is 21.5. The molecule has 0 unspecified atom stereocenters. The van der Waals surface area contributed by atoms with Crippen molar-refractivity contribution in [3.8, 4) is 118 Å². The predicted octanol–water partition coefficient (Wildman–Crippen LogP) is 4.52. The van der Waals surface area contributed by atoms with Crippen molar-refractivity contribution in [1.82, 2.24) is 0 Å². The van der Waals surface area contributed by atoms with Gasteiger partial charge in [-0.15, -0.1) is 0 Å². The Kier molecular flexibility index (Phi) is 16.0. The monoisotopic (exact) mass is 930 g/mol. The molecule has 70 heavy (non-hydrogen) atoms. The van der Waals surface area contributed by atoms with Crippen LogP contribution >= 0.6 is 0 Å². The average molecular weight is 931 g/mol. The van der Waals surface area contributed by atoms with Gasteiger partial charge in [0.2, 0.25) is 0 Å². The Morgan fingerprint density at radius 2 is 0.229 bits per heavy atom. The molecular formula is C60H50O10. The molecule has 10 bridgehead atoms. The van der Waals surface area contributed by atoms with E-state index in [1.165, 1.54) is 0 Å². The zero-order valence-electron chi connectivity index (χ0n) is 40.6. The van der Waals surface area contributed by atoms with Crippen LogP contribution in [0.25, 0.3) is 0 Å². The minimum absolute atomic E-state index is 1.11. The van der Waals surface area contributed by atoms with E-state index < -0.39 is 56.0 Å². The number of methoxy groups -OCH3 is 10. The fourth-order valence-corrected chi connectivity index (χ4v) is 7.03. The normalized spacial score (nSPS) is 36.4. The predicted molar refractivity (Wildman–Crippen MR) is 267 cm³/mol. The molecule has 0 radical (unpaired) electrons. The topological polar surface area (TPSA) is 92.3 Å². The maximum Gasteiger partial charge on any atom is 0.166 e. The number of hydrogen-bond acceptors (Lipinski definition) is 10. The van der Waals surface area contributed by atoms with Crippen molar-refractivity contribution in [3.63, 3.8) is 0 Å². The lowest BCUT2D eigenvalue weighted by Gasteiger charge is -2.29. The van der Waals surface area contributed by atoms with Gasteiger partial charge >= 0.3 is 0 Å². The Morgan fingerprint density at radius 1 is 0.157 bits per heavy atom. The molecule has 0 aliphatic heterocycles. The summed E-state index contributed by atoms with van der Waals surface area (Å²) in [7, 11) is 15.5. The molecule has 0 fully saturated rings. The molecule has 10 nitrogen and oxygen atoms in total. The van der Waals surface area contributed by atoms with Crippen LogP contribution in [0.2, 0.25) is 0 Å². The van der Waals surface area contributed by atoms with Crippen molar-refractivity contribution in [2.75, 3.05) is 71.1 Å². The first kappa shape index (κ1) is 52.0. The van der Waals surface area contributed by atoms with Gasteiger partial charge in [-0.25, -0.2) is 0 Å². The van der Waals surface area contributed by atoms with E-state index in [9.17, 15) is 0 Å². The van der Waals surface area contributed by atoms with E-state index in [0.717, 1.165) is 0 Å². The van der Waals surface area contributed by atoms with Gasteiger partial charge in [0.15, 0.2) is 56.0 Å². The van der Waals surface area contributed by atoms with Gasteiger partial charge in [0, 0.05) is 71.1 Å². The molecule has 0 saturated carbocycles. The molecule has 0 amide bonds. The van der Waals surface area contributed by atoms with Gasteiger partial charge in [-0.2, -0.15) is 0 Å². The second-order valence-corrected chi connectivity index (χ2v) is 15.8. The van der Waals surface area contributed by atoms with Crippen LogP contribution in [0, 0.1) is 118 Å². The molecule has 0 atom stereocenters. The first-order valence-corrected chi connectivity index (χ1v) is 21.5. The third-order valence-electron chi connectivity index (χ3n) is 12.1. The van der Waals surface area contributed by atoms with Crippen LogP contribution in [-0.4, -0.2) is 127 Å². The molecule has 10 heteroatoms. The molecule has 0 aromatic carbocycles. The lowest BCUT2D eigenvalue weighted by Crippen LogP contribution is -2.35. The zero-order valence-corrected chi connectivity index (χ0v) is 40.6. The summed E-state index contributed by atoms with van der Waals surface area (Å²) in [6, 6.07) is 0. The summed E-state index contributed by atoms with van der Waals surface area (Å²) >= 11 is 0. The molecule has 0 aromatic rings. The lowest BCUT2D eigenvalue weighted by molar-refractivity contribution is 0.0950. The first-order chi connectivity index (χ1) is 33.7. The third kappa shape index (κ3) is 11.4. The highest BCUT2D eigenvalue weighted by Gasteiger charge is 2.36. The van der Waals surface area contributed by atoms with E-state index in [1.54, 1.807) is 193 Å². The van der Waals surface area contributed by atoms with Crippen LogP contribution in [0.5, 0.6) is 0 Å². The fourth-order valence-electron chi connectivity index (χ4n) is 7.03. The largest absolute Gasteiger partial charge is 0.358 e. The lowest BCUT2D eigenvalue weighted by atomic mass is 9.88. The van der Waals surface area contributed by atoms with Gasteiger partial charge < -0.3 is 47.4 Å². The molecular weight excluding hydrogens is 881 g/mol. The van der Waals surface area contributed by atoms with E-state index in [2.05, 4.69) is 118 Å². The van der Waals surface area contributed by atoms with Gasteiger partial charge in [-0.3, -0.25) is 0 Å². The van der Waals surface area contributed by atoms with Crippen LogP contribution in [0.3, 0.4) is 0 Å². The fraction of sp³-hybridized carbons (Fsp3) is 0.333. The summed E-state index contributed by atoms with van der Waals surface area (Å²) in [5, 5.41) is 0. The van der Waals surface area contributed by atoms with Gasteiger partial charge in [-0.1, -0.05) is 0 Å². The molecule has 11 aliphatic rings. The van der Waals surface area contributed by atoms with E-state index in [4.69, 9.17) is 47.4 Å². The van der Waals surface area contributed by atoms with Crippen molar-refractivity contribution in [1.29, 1.82) is 0 Å². The highest BCUT2D eigenvalue weighted by Crippen LogP contribution is 2.31. The standard InChI is InChI=1S/C60H50O10/c1-61-51-21-11-12-22-53(63-3)35-37-55(65-5,38-36-53)25-15-16-26-57(67-7)43-45-59(69-9,46-44-57)29-19-20-30-60(70-10)49-47-58(68-8,48-50-60)28-18-17-27-56(66-6)41-39-54(64-4,40-42-56)24-14-13-23-52(62-2,33-31-51)34-32-51/h31-50H,1-10H3. The van der Waals surface area contributed by atoms with Crippen LogP contribution in [0.1, 0.15) is 0 Å². The summed E-state index contributed by atoms with van der Waals surface area (Å²) in [6.07, 6.45) is 35.1. The van der Waals surface area contributed by atoms with Crippen LogP contribution in [-0.2, 0) is 47.4 Å². The second kappa shape index (κ2) is 21.5. The van der Waals surface area contributed by atoms with Crippen LogP contribution in [0.15, 0.2) is 122 Å². The summed E-state index contributed by atoms with van der Waals surface area (Å²) in [4.78, 5) is 0. The van der Waals surface area contributed by atoms with Gasteiger partial charge in [-0.05, 0) is 240 Å². The Morgan fingerprint density at radius 3 is 0.286 bits per heavy atom.